The number of aryl methyl sites for hydroxylation is 1. The van der Waals surface area contributed by atoms with Crippen molar-refractivity contribution in [1.29, 1.82) is 0 Å². The summed E-state index contributed by atoms with van der Waals surface area (Å²) in [5, 5.41) is 4.23. The SMILES string of the molecule is CCCn1ncnc1CS(=O)C(C)CCN. The van der Waals surface area contributed by atoms with Crippen LogP contribution < -0.4 is 5.73 Å². The molecule has 0 bridgehead atoms. The fraction of sp³-hybridized carbons (Fsp3) is 0.800. The fourth-order valence-electron chi connectivity index (χ4n) is 1.43. The second-order valence-electron chi connectivity index (χ2n) is 3.81. The molecule has 1 aromatic heterocycles. The molecule has 0 aliphatic heterocycles. The van der Waals surface area contributed by atoms with Gasteiger partial charge in [-0.1, -0.05) is 13.8 Å². The van der Waals surface area contributed by atoms with Gasteiger partial charge in [0.25, 0.3) is 0 Å². The van der Waals surface area contributed by atoms with Gasteiger partial charge in [-0.2, -0.15) is 5.10 Å². The highest BCUT2D eigenvalue weighted by molar-refractivity contribution is 7.84. The molecule has 0 radical (unpaired) electrons. The summed E-state index contributed by atoms with van der Waals surface area (Å²) in [6, 6.07) is 0. The van der Waals surface area contributed by atoms with Crippen LogP contribution in [0.5, 0.6) is 0 Å². The van der Waals surface area contributed by atoms with Crippen LogP contribution in [-0.4, -0.2) is 30.8 Å². The Morgan fingerprint density at radius 3 is 3.00 bits per heavy atom. The monoisotopic (exact) mass is 244 g/mol. The van der Waals surface area contributed by atoms with Gasteiger partial charge in [0.05, 0.1) is 5.75 Å². The number of hydrogen-bond donors (Lipinski definition) is 1. The summed E-state index contributed by atoms with van der Waals surface area (Å²) < 4.78 is 13.8. The van der Waals surface area contributed by atoms with Crippen molar-refractivity contribution in [3.05, 3.63) is 12.2 Å². The topological polar surface area (TPSA) is 73.8 Å². The first-order valence-corrected chi connectivity index (χ1v) is 7.01. The van der Waals surface area contributed by atoms with Gasteiger partial charge in [0.15, 0.2) is 0 Å². The van der Waals surface area contributed by atoms with E-state index in [0.29, 0.717) is 12.3 Å². The Labute approximate surface area is 98.9 Å². The van der Waals surface area contributed by atoms with Crippen LogP contribution in [0.3, 0.4) is 0 Å². The first-order valence-electron chi connectivity index (χ1n) is 5.63. The van der Waals surface area contributed by atoms with Crippen molar-refractivity contribution in [2.45, 2.75) is 44.2 Å². The molecule has 1 rings (SSSR count). The van der Waals surface area contributed by atoms with Crippen LogP contribution in [0.1, 0.15) is 32.5 Å². The molecular weight excluding hydrogens is 224 g/mol. The molecule has 0 aliphatic carbocycles. The number of nitrogens with two attached hydrogens (primary N) is 1. The van der Waals surface area contributed by atoms with Gasteiger partial charge in [0, 0.05) is 22.6 Å². The highest BCUT2D eigenvalue weighted by atomic mass is 32.2. The van der Waals surface area contributed by atoms with Gasteiger partial charge in [0.1, 0.15) is 12.2 Å². The number of nitrogens with zero attached hydrogens (tertiary/aromatic N) is 3. The third-order valence-electron chi connectivity index (χ3n) is 2.42. The van der Waals surface area contributed by atoms with Crippen LogP contribution in [0.2, 0.25) is 0 Å². The maximum atomic E-state index is 11.9. The smallest absolute Gasteiger partial charge is 0.139 e. The van der Waals surface area contributed by atoms with Gasteiger partial charge in [0.2, 0.25) is 0 Å². The Kier molecular flexibility index (Phi) is 5.62. The van der Waals surface area contributed by atoms with E-state index in [1.807, 2.05) is 11.6 Å². The molecule has 0 aromatic carbocycles. The highest BCUT2D eigenvalue weighted by Crippen LogP contribution is 2.07. The summed E-state index contributed by atoms with van der Waals surface area (Å²) in [5.74, 6) is 1.28. The summed E-state index contributed by atoms with van der Waals surface area (Å²) >= 11 is 0. The lowest BCUT2D eigenvalue weighted by Gasteiger charge is -2.10. The zero-order valence-corrected chi connectivity index (χ0v) is 10.7. The first-order chi connectivity index (χ1) is 7.69. The molecule has 2 N–H and O–H groups in total. The number of hydrogen-bond acceptors (Lipinski definition) is 4. The van der Waals surface area contributed by atoms with E-state index in [9.17, 15) is 4.21 Å². The standard InChI is InChI=1S/C10H20N4OS/c1-3-6-14-10(12-8-13-14)7-16(15)9(2)4-5-11/h8-9H,3-7,11H2,1-2H3. The van der Waals surface area contributed by atoms with E-state index >= 15 is 0 Å². The maximum absolute atomic E-state index is 11.9. The fourth-order valence-corrected chi connectivity index (χ4v) is 2.60. The van der Waals surface area contributed by atoms with E-state index in [-0.39, 0.29) is 5.25 Å². The first kappa shape index (κ1) is 13.3. The zero-order valence-electron chi connectivity index (χ0n) is 9.93. The minimum atomic E-state index is -0.911. The van der Waals surface area contributed by atoms with Gasteiger partial charge < -0.3 is 5.73 Å². The third kappa shape index (κ3) is 3.68. The Morgan fingerprint density at radius 1 is 1.62 bits per heavy atom. The van der Waals surface area contributed by atoms with Crippen LogP contribution in [0.25, 0.3) is 0 Å². The van der Waals surface area contributed by atoms with Crippen LogP contribution >= 0.6 is 0 Å². The Hall–Kier alpha value is -0.750. The Balaban J connectivity index is 2.58. The lowest BCUT2D eigenvalue weighted by Crippen LogP contribution is -2.19. The zero-order chi connectivity index (χ0) is 12.0. The minimum absolute atomic E-state index is 0.122. The van der Waals surface area contributed by atoms with Crippen molar-refractivity contribution in [3.63, 3.8) is 0 Å². The van der Waals surface area contributed by atoms with Crippen LogP contribution in [0.15, 0.2) is 6.33 Å². The van der Waals surface area contributed by atoms with Crippen molar-refractivity contribution in [2.24, 2.45) is 5.73 Å². The molecule has 0 amide bonds. The van der Waals surface area contributed by atoms with E-state index in [1.54, 1.807) is 0 Å². The van der Waals surface area contributed by atoms with Crippen molar-refractivity contribution in [3.8, 4) is 0 Å². The van der Waals surface area contributed by atoms with Crippen molar-refractivity contribution >= 4 is 10.8 Å². The predicted octanol–water partition coefficient (Wildman–Crippen LogP) is 0.674. The second-order valence-corrected chi connectivity index (χ2v) is 5.67. The quantitative estimate of drug-likeness (QED) is 0.765. The van der Waals surface area contributed by atoms with Gasteiger partial charge in [-0.15, -0.1) is 0 Å². The van der Waals surface area contributed by atoms with E-state index in [2.05, 4.69) is 17.0 Å². The van der Waals surface area contributed by atoms with Gasteiger partial charge in [-0.25, -0.2) is 9.67 Å². The average molecular weight is 244 g/mol. The largest absolute Gasteiger partial charge is 0.330 e. The molecule has 2 atom stereocenters. The summed E-state index contributed by atoms with van der Waals surface area (Å²) in [6.45, 7) is 5.45. The third-order valence-corrected chi connectivity index (χ3v) is 4.10. The van der Waals surface area contributed by atoms with E-state index in [4.69, 9.17) is 5.73 Å². The number of rotatable bonds is 7. The molecule has 1 heterocycles. The molecule has 0 aliphatic rings. The molecule has 0 fully saturated rings. The Morgan fingerprint density at radius 2 is 2.38 bits per heavy atom. The van der Waals surface area contributed by atoms with Gasteiger partial charge >= 0.3 is 0 Å². The minimum Gasteiger partial charge on any atom is -0.330 e. The lowest BCUT2D eigenvalue weighted by atomic mass is 10.3. The van der Waals surface area contributed by atoms with Crippen LogP contribution in [0.4, 0.5) is 0 Å². The molecule has 0 saturated carbocycles. The van der Waals surface area contributed by atoms with Crippen molar-refractivity contribution < 1.29 is 4.21 Å². The molecule has 5 nitrogen and oxygen atoms in total. The van der Waals surface area contributed by atoms with E-state index in [0.717, 1.165) is 25.2 Å². The summed E-state index contributed by atoms with van der Waals surface area (Å²) in [5.41, 5.74) is 5.45. The molecule has 0 spiro atoms. The summed E-state index contributed by atoms with van der Waals surface area (Å²) in [6.07, 6.45) is 3.31. The van der Waals surface area contributed by atoms with E-state index < -0.39 is 10.8 Å². The molecule has 0 saturated heterocycles. The Bertz CT molecular complexity index is 339. The van der Waals surface area contributed by atoms with Gasteiger partial charge in [-0.05, 0) is 19.4 Å². The van der Waals surface area contributed by atoms with Crippen LogP contribution in [-0.2, 0) is 23.1 Å². The average Bonchev–Trinajstić information content (AvgIpc) is 2.67. The molecule has 6 heteroatoms. The summed E-state index contributed by atoms with van der Waals surface area (Å²) in [7, 11) is -0.911. The molecule has 92 valence electrons. The van der Waals surface area contributed by atoms with Crippen LogP contribution in [0, 0.1) is 0 Å². The molecule has 1 aromatic rings. The van der Waals surface area contributed by atoms with Crippen molar-refractivity contribution in [2.75, 3.05) is 6.54 Å². The summed E-state index contributed by atoms with van der Waals surface area (Å²) in [4.78, 5) is 4.14. The maximum Gasteiger partial charge on any atom is 0.139 e. The second kappa shape index (κ2) is 6.75. The predicted molar refractivity (Wildman–Crippen MR) is 65.3 cm³/mol. The molecule has 2 unspecified atom stereocenters. The molecular formula is C10H20N4OS. The highest BCUT2D eigenvalue weighted by Gasteiger charge is 2.14. The number of aromatic nitrogens is 3. The normalized spacial score (nSPS) is 14.9. The molecule has 16 heavy (non-hydrogen) atoms. The van der Waals surface area contributed by atoms with Crippen molar-refractivity contribution in [1.82, 2.24) is 14.8 Å². The van der Waals surface area contributed by atoms with Gasteiger partial charge in [-0.3, -0.25) is 4.21 Å². The van der Waals surface area contributed by atoms with E-state index in [1.165, 1.54) is 6.33 Å². The lowest BCUT2D eigenvalue weighted by molar-refractivity contribution is 0.578.